The van der Waals surface area contributed by atoms with E-state index in [1.165, 1.54) is 0 Å². The van der Waals surface area contributed by atoms with Gasteiger partial charge in [0.15, 0.2) is 0 Å². The third-order valence-electron chi connectivity index (χ3n) is 0.806. The Hall–Kier alpha value is 0.660. The maximum atomic E-state index is 8.40. The fraction of sp³-hybridized carbons (Fsp3) is 1.00. The second kappa shape index (κ2) is 6.78. The summed E-state index contributed by atoms with van der Waals surface area (Å²) in [5.41, 5.74) is 0. The smallest absolute Gasteiger partial charge is 0.0438 e. The minimum atomic E-state index is 0.313. The summed E-state index contributed by atoms with van der Waals surface area (Å²) >= 11 is 6.07. The molecule has 0 bridgehead atoms. The van der Waals surface area contributed by atoms with Gasteiger partial charge in [-0.1, -0.05) is 6.92 Å². The van der Waals surface area contributed by atoms with Crippen LogP contribution in [0.5, 0.6) is 0 Å². The van der Waals surface area contributed by atoms with E-state index >= 15 is 0 Å². The molecule has 0 aliphatic rings. The SMILES string of the molecule is CC(S)CSCCCO. The molecule has 0 aliphatic carbocycles. The van der Waals surface area contributed by atoms with Crippen molar-refractivity contribution in [1.82, 2.24) is 0 Å². The highest BCUT2D eigenvalue weighted by Gasteiger charge is 1.93. The Morgan fingerprint density at radius 1 is 1.67 bits per heavy atom. The maximum absolute atomic E-state index is 8.40. The van der Waals surface area contributed by atoms with Gasteiger partial charge >= 0.3 is 0 Å². The Labute approximate surface area is 66.6 Å². The quantitative estimate of drug-likeness (QED) is 0.476. The molecule has 0 rings (SSSR count). The van der Waals surface area contributed by atoms with E-state index in [0.29, 0.717) is 11.9 Å². The van der Waals surface area contributed by atoms with Crippen LogP contribution in [0.4, 0.5) is 0 Å². The molecule has 56 valence electrons. The van der Waals surface area contributed by atoms with Crippen molar-refractivity contribution in [1.29, 1.82) is 0 Å². The number of rotatable bonds is 5. The average molecular weight is 166 g/mol. The van der Waals surface area contributed by atoms with Crippen molar-refractivity contribution in [3.05, 3.63) is 0 Å². The van der Waals surface area contributed by atoms with Crippen molar-refractivity contribution in [2.45, 2.75) is 18.6 Å². The first-order chi connectivity index (χ1) is 4.27. The molecule has 0 aliphatic heterocycles. The van der Waals surface area contributed by atoms with Gasteiger partial charge in [0.05, 0.1) is 0 Å². The summed E-state index contributed by atoms with van der Waals surface area (Å²) in [5.74, 6) is 2.14. The molecule has 1 unspecified atom stereocenters. The molecule has 0 spiro atoms. The second-order valence-corrected chi connectivity index (χ2v) is 4.03. The minimum Gasteiger partial charge on any atom is -0.396 e. The van der Waals surface area contributed by atoms with Crippen LogP contribution in [0.3, 0.4) is 0 Å². The normalized spacial score (nSPS) is 13.7. The summed E-state index contributed by atoms with van der Waals surface area (Å²) in [4.78, 5) is 0. The molecule has 0 aromatic heterocycles. The average Bonchev–Trinajstić information content (AvgIpc) is 1.80. The van der Waals surface area contributed by atoms with Crippen LogP contribution in [0.15, 0.2) is 0 Å². The highest BCUT2D eigenvalue weighted by molar-refractivity contribution is 8.00. The van der Waals surface area contributed by atoms with Gasteiger partial charge in [-0.15, -0.1) is 0 Å². The first-order valence-corrected chi connectivity index (χ1v) is 4.81. The van der Waals surface area contributed by atoms with E-state index in [1.54, 1.807) is 0 Å². The highest BCUT2D eigenvalue weighted by atomic mass is 32.2. The molecular formula is C6H14OS2. The maximum Gasteiger partial charge on any atom is 0.0438 e. The van der Waals surface area contributed by atoms with E-state index in [9.17, 15) is 0 Å². The summed E-state index contributed by atoms with van der Waals surface area (Å²) in [6.07, 6.45) is 0.908. The zero-order valence-corrected chi connectivity index (χ0v) is 7.42. The van der Waals surface area contributed by atoms with Crippen LogP contribution in [0.25, 0.3) is 0 Å². The largest absolute Gasteiger partial charge is 0.396 e. The number of hydrogen-bond acceptors (Lipinski definition) is 3. The minimum absolute atomic E-state index is 0.313. The van der Waals surface area contributed by atoms with E-state index in [0.717, 1.165) is 17.9 Å². The number of aliphatic hydroxyl groups excluding tert-OH is 1. The zero-order valence-electron chi connectivity index (χ0n) is 5.71. The van der Waals surface area contributed by atoms with Crippen molar-refractivity contribution >= 4 is 24.4 Å². The standard InChI is InChI=1S/C6H14OS2/c1-6(8)5-9-4-2-3-7/h6-8H,2-5H2,1H3. The Morgan fingerprint density at radius 3 is 2.78 bits per heavy atom. The van der Waals surface area contributed by atoms with Gasteiger partial charge in [-0.25, -0.2) is 0 Å². The molecule has 0 aromatic carbocycles. The van der Waals surface area contributed by atoms with E-state index in [2.05, 4.69) is 19.6 Å². The fourth-order valence-electron chi connectivity index (χ4n) is 0.421. The topological polar surface area (TPSA) is 20.2 Å². The van der Waals surface area contributed by atoms with Crippen molar-refractivity contribution in [3.63, 3.8) is 0 Å². The van der Waals surface area contributed by atoms with Crippen molar-refractivity contribution in [2.75, 3.05) is 18.1 Å². The number of hydrogen-bond donors (Lipinski definition) is 2. The molecule has 0 fully saturated rings. The number of thiol groups is 1. The summed E-state index contributed by atoms with van der Waals surface area (Å²) in [5, 5.41) is 8.88. The first-order valence-electron chi connectivity index (χ1n) is 3.14. The van der Waals surface area contributed by atoms with Crippen LogP contribution in [0.2, 0.25) is 0 Å². The number of aliphatic hydroxyl groups is 1. The van der Waals surface area contributed by atoms with Crippen molar-refractivity contribution in [2.24, 2.45) is 0 Å². The Kier molecular flexibility index (Phi) is 7.27. The van der Waals surface area contributed by atoms with E-state index < -0.39 is 0 Å². The van der Waals surface area contributed by atoms with Gasteiger partial charge < -0.3 is 5.11 Å². The second-order valence-electron chi connectivity index (χ2n) is 2.00. The zero-order chi connectivity index (χ0) is 7.11. The summed E-state index contributed by atoms with van der Waals surface area (Å²) in [6, 6.07) is 0. The van der Waals surface area contributed by atoms with Crippen LogP contribution >= 0.6 is 24.4 Å². The highest BCUT2D eigenvalue weighted by Crippen LogP contribution is 2.07. The molecule has 3 heteroatoms. The van der Waals surface area contributed by atoms with Crippen LogP contribution in [-0.4, -0.2) is 28.5 Å². The van der Waals surface area contributed by atoms with Gasteiger partial charge in [-0.05, 0) is 12.2 Å². The molecular weight excluding hydrogens is 152 g/mol. The Morgan fingerprint density at radius 2 is 2.33 bits per heavy atom. The number of thioether (sulfide) groups is 1. The lowest BCUT2D eigenvalue weighted by Gasteiger charge is -2.01. The lowest BCUT2D eigenvalue weighted by Crippen LogP contribution is -1.96. The molecule has 9 heavy (non-hydrogen) atoms. The molecule has 0 aromatic rings. The lowest BCUT2D eigenvalue weighted by molar-refractivity contribution is 0.296. The van der Waals surface area contributed by atoms with Crippen LogP contribution in [-0.2, 0) is 0 Å². The molecule has 0 saturated carbocycles. The summed E-state index contributed by atoms with van der Waals surface area (Å²) in [6.45, 7) is 2.39. The van der Waals surface area contributed by atoms with Gasteiger partial charge in [0.2, 0.25) is 0 Å². The molecule has 0 amide bonds. The van der Waals surface area contributed by atoms with Gasteiger partial charge in [-0.2, -0.15) is 24.4 Å². The van der Waals surface area contributed by atoms with Crippen LogP contribution < -0.4 is 0 Å². The summed E-state index contributed by atoms with van der Waals surface area (Å²) in [7, 11) is 0. The first kappa shape index (κ1) is 9.66. The van der Waals surface area contributed by atoms with E-state index in [4.69, 9.17) is 5.11 Å². The van der Waals surface area contributed by atoms with Crippen LogP contribution in [0.1, 0.15) is 13.3 Å². The predicted molar refractivity (Wildman–Crippen MR) is 47.5 cm³/mol. The molecule has 0 heterocycles. The van der Waals surface area contributed by atoms with Gasteiger partial charge in [0.25, 0.3) is 0 Å². The van der Waals surface area contributed by atoms with Gasteiger partial charge in [-0.3, -0.25) is 0 Å². The Bertz CT molecular complexity index is 57.0. The third-order valence-corrected chi connectivity index (χ3v) is 2.55. The van der Waals surface area contributed by atoms with Crippen LogP contribution in [0, 0.1) is 0 Å². The Balaban J connectivity index is 2.75. The van der Waals surface area contributed by atoms with E-state index in [-0.39, 0.29) is 0 Å². The summed E-state index contributed by atoms with van der Waals surface area (Å²) < 4.78 is 0. The predicted octanol–water partition coefficient (Wildman–Crippen LogP) is 1.42. The molecule has 1 nitrogen and oxygen atoms in total. The third kappa shape index (κ3) is 8.66. The van der Waals surface area contributed by atoms with Gasteiger partial charge in [0.1, 0.15) is 0 Å². The fourth-order valence-corrected chi connectivity index (χ4v) is 1.58. The monoisotopic (exact) mass is 166 g/mol. The van der Waals surface area contributed by atoms with Crippen molar-refractivity contribution in [3.8, 4) is 0 Å². The van der Waals surface area contributed by atoms with Gasteiger partial charge in [0, 0.05) is 17.6 Å². The van der Waals surface area contributed by atoms with E-state index in [1.807, 2.05) is 11.8 Å². The molecule has 1 atom stereocenters. The molecule has 0 radical (unpaired) electrons. The molecule has 0 saturated heterocycles. The van der Waals surface area contributed by atoms with Crippen molar-refractivity contribution < 1.29 is 5.11 Å². The lowest BCUT2D eigenvalue weighted by atomic mass is 10.5. The molecule has 1 N–H and O–H groups in total.